The molecule has 1 N–H and O–H groups in total. The molecule has 4 aromatic rings. The number of aromatic hydroxyl groups is 1. The largest absolute Gasteiger partial charge is 0.493 e. The number of rotatable bonds is 6. The number of fused-ring (bicyclic) bond motifs is 2. The van der Waals surface area contributed by atoms with Gasteiger partial charge in [-0.05, 0) is 48.4 Å². The second-order valence-electron chi connectivity index (χ2n) is 7.24. The Labute approximate surface area is 174 Å². The Morgan fingerprint density at radius 3 is 2.67 bits per heavy atom. The van der Waals surface area contributed by atoms with Crippen LogP contribution in [-0.2, 0) is 11.3 Å². The molecule has 0 radical (unpaired) electrons. The van der Waals surface area contributed by atoms with Gasteiger partial charge in [-0.15, -0.1) is 10.2 Å². The van der Waals surface area contributed by atoms with Gasteiger partial charge in [0, 0.05) is 11.9 Å². The van der Waals surface area contributed by atoms with Crippen LogP contribution in [0.4, 0.5) is 5.69 Å². The van der Waals surface area contributed by atoms with Crippen LogP contribution in [0.15, 0.2) is 70.9 Å². The number of ether oxygens (including phenoxy) is 1. The van der Waals surface area contributed by atoms with Gasteiger partial charge < -0.3 is 14.4 Å². The van der Waals surface area contributed by atoms with Gasteiger partial charge in [-0.25, -0.2) is 0 Å². The number of azo groups is 1. The van der Waals surface area contributed by atoms with E-state index in [2.05, 4.69) is 10.2 Å². The molecule has 1 amide bonds. The lowest BCUT2D eigenvalue weighted by Crippen LogP contribution is -2.07. The molecule has 0 saturated carbocycles. The van der Waals surface area contributed by atoms with Crippen molar-refractivity contribution in [3.8, 4) is 11.6 Å². The number of nitrogens with zero attached hydrogens (tertiary/aromatic N) is 3. The molecule has 6 nitrogen and oxygen atoms in total. The van der Waals surface area contributed by atoms with Gasteiger partial charge in [0.25, 0.3) is 0 Å². The van der Waals surface area contributed by atoms with E-state index >= 15 is 0 Å². The molecule has 3 aromatic carbocycles. The summed E-state index contributed by atoms with van der Waals surface area (Å²) in [4.78, 5) is 12.2. The number of carbonyl (C=O) groups is 1. The predicted molar refractivity (Wildman–Crippen MR) is 118 cm³/mol. The van der Waals surface area contributed by atoms with Crippen molar-refractivity contribution >= 4 is 33.3 Å². The van der Waals surface area contributed by atoms with Crippen molar-refractivity contribution in [2.45, 2.75) is 26.8 Å². The maximum atomic E-state index is 12.2. The quantitative estimate of drug-likeness (QED) is 0.408. The number of aromatic nitrogens is 1. The zero-order chi connectivity index (χ0) is 21.1. The maximum absolute atomic E-state index is 12.2. The van der Waals surface area contributed by atoms with Gasteiger partial charge in [0.05, 0.1) is 5.52 Å². The second kappa shape index (κ2) is 8.37. The van der Waals surface area contributed by atoms with Gasteiger partial charge in [-0.3, -0.25) is 4.79 Å². The van der Waals surface area contributed by atoms with E-state index < -0.39 is 5.91 Å². The molecule has 0 atom stereocenters. The first-order valence-corrected chi connectivity index (χ1v) is 9.95. The number of carbonyl (C=O) groups excluding carboxylic acids is 1. The molecule has 0 fully saturated rings. The van der Waals surface area contributed by atoms with Gasteiger partial charge in [-0.1, -0.05) is 48.9 Å². The summed E-state index contributed by atoms with van der Waals surface area (Å²) in [5, 5.41) is 21.4. The van der Waals surface area contributed by atoms with Crippen LogP contribution >= 0.6 is 0 Å². The molecule has 152 valence electrons. The van der Waals surface area contributed by atoms with E-state index in [0.717, 1.165) is 33.7 Å². The van der Waals surface area contributed by atoms with Gasteiger partial charge in [-0.2, -0.15) is 0 Å². The van der Waals surface area contributed by atoms with Crippen LogP contribution in [0.2, 0.25) is 0 Å². The summed E-state index contributed by atoms with van der Waals surface area (Å²) in [7, 11) is 0. The zero-order valence-electron chi connectivity index (χ0n) is 17.0. The van der Waals surface area contributed by atoms with Crippen LogP contribution in [-0.4, -0.2) is 22.2 Å². The van der Waals surface area contributed by atoms with E-state index in [9.17, 15) is 9.90 Å². The van der Waals surface area contributed by atoms with Crippen molar-refractivity contribution in [3.63, 3.8) is 0 Å². The van der Waals surface area contributed by atoms with E-state index in [-0.39, 0.29) is 12.5 Å². The Kier molecular flexibility index (Phi) is 5.48. The Balaban J connectivity index is 1.52. The summed E-state index contributed by atoms with van der Waals surface area (Å²) < 4.78 is 7.36. The molecule has 0 saturated heterocycles. The zero-order valence-corrected chi connectivity index (χ0v) is 17.0. The lowest BCUT2D eigenvalue weighted by Gasteiger charge is -2.05. The first-order chi connectivity index (χ1) is 14.6. The minimum atomic E-state index is -0.522. The van der Waals surface area contributed by atoms with Crippen molar-refractivity contribution in [2.24, 2.45) is 10.2 Å². The second-order valence-corrected chi connectivity index (χ2v) is 7.24. The highest BCUT2D eigenvalue weighted by atomic mass is 16.5. The first kappa shape index (κ1) is 19.6. The van der Waals surface area contributed by atoms with Crippen LogP contribution in [0, 0.1) is 6.92 Å². The Morgan fingerprint density at radius 2 is 1.87 bits per heavy atom. The molecular weight excluding hydrogens is 378 g/mol. The number of amides is 1. The SMILES string of the molecule is CCCn1c(O)c(N=NC(=O)COc2ccc3ccccc3c2)c2cc(C)ccc21. The van der Waals surface area contributed by atoms with Crippen LogP contribution in [0.1, 0.15) is 18.9 Å². The van der Waals surface area contributed by atoms with E-state index in [4.69, 9.17) is 4.74 Å². The average Bonchev–Trinajstić information content (AvgIpc) is 3.01. The molecule has 0 aliphatic heterocycles. The monoisotopic (exact) mass is 401 g/mol. The van der Waals surface area contributed by atoms with Crippen LogP contribution in [0.25, 0.3) is 21.7 Å². The lowest BCUT2D eigenvalue weighted by atomic mass is 10.1. The number of benzene rings is 3. The maximum Gasteiger partial charge on any atom is 0.302 e. The molecule has 1 aromatic heterocycles. The Morgan fingerprint density at radius 1 is 1.07 bits per heavy atom. The van der Waals surface area contributed by atoms with Crippen LogP contribution in [0.5, 0.6) is 11.6 Å². The topological polar surface area (TPSA) is 76.2 Å². The fraction of sp³-hybridized carbons (Fsp3) is 0.208. The summed E-state index contributed by atoms with van der Waals surface area (Å²) in [5.74, 6) is 0.0892. The average molecular weight is 401 g/mol. The summed E-state index contributed by atoms with van der Waals surface area (Å²) in [6.07, 6.45) is 0.861. The molecular formula is C24H23N3O3. The Bertz CT molecular complexity index is 1260. The van der Waals surface area contributed by atoms with Crippen LogP contribution < -0.4 is 4.74 Å². The van der Waals surface area contributed by atoms with Crippen molar-refractivity contribution in [2.75, 3.05) is 6.61 Å². The molecule has 0 aliphatic carbocycles. The molecule has 0 aliphatic rings. The van der Waals surface area contributed by atoms with Gasteiger partial charge in [0.15, 0.2) is 12.3 Å². The summed E-state index contributed by atoms with van der Waals surface area (Å²) in [6, 6.07) is 19.4. The number of hydrogen-bond acceptors (Lipinski definition) is 4. The highest BCUT2D eigenvalue weighted by Crippen LogP contribution is 2.39. The molecule has 0 unspecified atom stereocenters. The van der Waals surface area contributed by atoms with E-state index in [1.165, 1.54) is 0 Å². The van der Waals surface area contributed by atoms with Crippen molar-refractivity contribution in [1.29, 1.82) is 0 Å². The van der Waals surface area contributed by atoms with Crippen molar-refractivity contribution < 1.29 is 14.6 Å². The van der Waals surface area contributed by atoms with Gasteiger partial charge in [0.2, 0.25) is 5.88 Å². The lowest BCUT2D eigenvalue weighted by molar-refractivity contribution is -0.120. The minimum Gasteiger partial charge on any atom is -0.493 e. The smallest absolute Gasteiger partial charge is 0.302 e. The standard InChI is InChI=1S/C24H23N3O3/c1-3-12-27-21-11-8-16(2)13-20(21)23(24(27)29)26-25-22(28)15-30-19-10-9-17-6-4-5-7-18(17)14-19/h4-11,13-14,29H,3,12,15H2,1-2H3. The fourth-order valence-corrected chi connectivity index (χ4v) is 3.52. The summed E-state index contributed by atoms with van der Waals surface area (Å²) in [5.41, 5.74) is 2.22. The fourth-order valence-electron chi connectivity index (χ4n) is 3.52. The summed E-state index contributed by atoms with van der Waals surface area (Å²) >= 11 is 0. The van der Waals surface area contributed by atoms with E-state index in [1.807, 2.05) is 74.5 Å². The van der Waals surface area contributed by atoms with Gasteiger partial charge >= 0.3 is 5.91 Å². The third-order valence-corrected chi connectivity index (χ3v) is 4.96. The molecule has 0 spiro atoms. The van der Waals surface area contributed by atoms with Crippen molar-refractivity contribution in [3.05, 3.63) is 66.2 Å². The molecule has 0 bridgehead atoms. The summed E-state index contributed by atoms with van der Waals surface area (Å²) in [6.45, 7) is 4.43. The van der Waals surface area contributed by atoms with Crippen LogP contribution in [0.3, 0.4) is 0 Å². The van der Waals surface area contributed by atoms with Crippen molar-refractivity contribution in [1.82, 2.24) is 4.57 Å². The Hall–Kier alpha value is -3.67. The van der Waals surface area contributed by atoms with E-state index in [0.29, 0.717) is 18.0 Å². The molecule has 4 rings (SSSR count). The highest BCUT2D eigenvalue weighted by Gasteiger charge is 2.16. The van der Waals surface area contributed by atoms with E-state index in [1.54, 1.807) is 4.57 Å². The molecule has 1 heterocycles. The third-order valence-electron chi connectivity index (χ3n) is 4.96. The van der Waals surface area contributed by atoms with Gasteiger partial charge in [0.1, 0.15) is 5.75 Å². The first-order valence-electron chi connectivity index (χ1n) is 9.95. The number of hydrogen-bond donors (Lipinski definition) is 1. The number of aryl methyl sites for hydroxylation is 2. The normalized spacial score (nSPS) is 11.5. The third kappa shape index (κ3) is 3.89. The minimum absolute atomic E-state index is 0.0180. The molecule has 6 heteroatoms. The molecule has 30 heavy (non-hydrogen) atoms. The highest BCUT2D eigenvalue weighted by molar-refractivity contribution is 5.95. The predicted octanol–water partition coefficient (Wildman–Crippen LogP) is 5.91.